The number of rotatable bonds is 7. The van der Waals surface area contributed by atoms with Gasteiger partial charge in [-0.05, 0) is 61.1 Å². The van der Waals surface area contributed by atoms with Gasteiger partial charge in [-0.15, -0.1) is 0 Å². The van der Waals surface area contributed by atoms with Gasteiger partial charge >= 0.3 is 0 Å². The Balaban J connectivity index is 1.22. The molecule has 1 aliphatic carbocycles. The third-order valence-corrected chi connectivity index (χ3v) is 7.10. The Bertz CT molecular complexity index is 1490. The number of hydrogen-bond acceptors (Lipinski definition) is 6. The van der Waals surface area contributed by atoms with Crippen molar-refractivity contribution in [2.75, 3.05) is 23.7 Å². The van der Waals surface area contributed by atoms with Gasteiger partial charge in [0.25, 0.3) is 5.91 Å². The Morgan fingerprint density at radius 2 is 1.79 bits per heavy atom. The molecule has 1 saturated heterocycles. The normalized spacial score (nSPS) is 16.4. The summed E-state index contributed by atoms with van der Waals surface area (Å²) in [6, 6.07) is 9.52. The van der Waals surface area contributed by atoms with Crippen LogP contribution in [0.4, 0.5) is 15.8 Å². The fourth-order valence-corrected chi connectivity index (χ4v) is 4.78. The highest BCUT2D eigenvalue weighted by Gasteiger charge is 2.30. The van der Waals surface area contributed by atoms with E-state index in [2.05, 4.69) is 41.8 Å². The average Bonchev–Trinajstić information content (AvgIpc) is 3.70. The van der Waals surface area contributed by atoms with E-state index in [0.717, 1.165) is 54.7 Å². The van der Waals surface area contributed by atoms with Crippen molar-refractivity contribution in [1.82, 2.24) is 25.1 Å². The standard InChI is InChI=1S/C28H28FN7O2/c29-21-6-9-36(10-7-21)16-17-11-20(14-31-13-17)19-3-4-23-22(12-19)26(35-34-23)28(38)33-25-15-30-8-5-24(25)32-27(37)18-1-2-18/h3-5,8,11-15,18,21H,1-2,6-7,9-10,16H2,(H,33,38)(H,34,35)(H,30,32,37). The number of aromatic nitrogens is 4. The maximum atomic E-state index is 13.5. The highest BCUT2D eigenvalue weighted by Crippen LogP contribution is 2.32. The molecule has 6 rings (SSSR count). The number of H-pyrrole nitrogens is 1. The zero-order valence-corrected chi connectivity index (χ0v) is 20.8. The number of halogens is 1. The van der Waals surface area contributed by atoms with Gasteiger partial charge in [0.1, 0.15) is 6.17 Å². The van der Waals surface area contributed by atoms with Crippen LogP contribution in [-0.4, -0.2) is 56.1 Å². The Labute approximate surface area is 218 Å². The van der Waals surface area contributed by atoms with E-state index in [9.17, 15) is 14.0 Å². The van der Waals surface area contributed by atoms with Crippen molar-refractivity contribution in [3.05, 3.63) is 66.4 Å². The lowest BCUT2D eigenvalue weighted by Crippen LogP contribution is -2.33. The largest absolute Gasteiger partial charge is 0.324 e. The third kappa shape index (κ3) is 5.26. The second-order valence-electron chi connectivity index (χ2n) is 10.0. The molecule has 2 fully saturated rings. The monoisotopic (exact) mass is 513 g/mol. The molecule has 4 aromatic rings. The number of amides is 2. The fraction of sp³-hybridized carbons (Fsp3) is 0.321. The maximum absolute atomic E-state index is 13.5. The van der Waals surface area contributed by atoms with Gasteiger partial charge in [0.15, 0.2) is 5.69 Å². The van der Waals surface area contributed by atoms with Crippen LogP contribution in [0.5, 0.6) is 0 Å². The molecule has 10 heteroatoms. The van der Waals surface area contributed by atoms with E-state index in [1.165, 1.54) is 6.20 Å². The SMILES string of the molecule is O=C(Nc1cnccc1NC(=O)C1CC1)c1n[nH]c2ccc(-c3cncc(CN4CCC(F)CC4)c3)cc12. The molecule has 3 N–H and O–H groups in total. The first-order valence-electron chi connectivity index (χ1n) is 12.9. The maximum Gasteiger partial charge on any atom is 0.276 e. The molecular weight excluding hydrogens is 485 g/mol. The topological polar surface area (TPSA) is 116 Å². The van der Waals surface area contributed by atoms with Crippen LogP contribution in [0, 0.1) is 5.92 Å². The van der Waals surface area contributed by atoms with Crippen LogP contribution >= 0.6 is 0 Å². The molecule has 1 aliphatic heterocycles. The minimum absolute atomic E-state index is 0.0377. The van der Waals surface area contributed by atoms with Crippen molar-refractivity contribution >= 4 is 34.1 Å². The van der Waals surface area contributed by atoms with Gasteiger partial charge in [-0.25, -0.2) is 4.39 Å². The predicted octanol–water partition coefficient (Wildman–Crippen LogP) is 4.55. The lowest BCUT2D eigenvalue weighted by molar-refractivity contribution is -0.117. The van der Waals surface area contributed by atoms with Gasteiger partial charge in [0, 0.05) is 55.1 Å². The molecule has 38 heavy (non-hydrogen) atoms. The van der Waals surface area contributed by atoms with E-state index < -0.39 is 12.1 Å². The van der Waals surface area contributed by atoms with Crippen LogP contribution in [0.3, 0.4) is 0 Å². The summed E-state index contributed by atoms with van der Waals surface area (Å²) in [5.41, 5.74) is 4.77. The van der Waals surface area contributed by atoms with Gasteiger partial charge < -0.3 is 10.6 Å². The summed E-state index contributed by atoms with van der Waals surface area (Å²) in [4.78, 5) is 36.3. The number of alkyl halides is 1. The molecule has 1 aromatic carbocycles. The number of nitrogens with zero attached hydrogens (tertiary/aromatic N) is 4. The van der Waals surface area contributed by atoms with Crippen LogP contribution in [0.2, 0.25) is 0 Å². The predicted molar refractivity (Wildman–Crippen MR) is 142 cm³/mol. The smallest absolute Gasteiger partial charge is 0.276 e. The van der Waals surface area contributed by atoms with Gasteiger partial charge in [0.2, 0.25) is 5.91 Å². The van der Waals surface area contributed by atoms with Crippen LogP contribution in [-0.2, 0) is 11.3 Å². The highest BCUT2D eigenvalue weighted by molar-refractivity contribution is 6.13. The van der Waals surface area contributed by atoms with Gasteiger partial charge in [-0.3, -0.25) is 29.6 Å². The van der Waals surface area contributed by atoms with Crippen LogP contribution in [0.1, 0.15) is 41.7 Å². The minimum atomic E-state index is -0.699. The highest BCUT2D eigenvalue weighted by atomic mass is 19.1. The molecule has 2 amide bonds. The summed E-state index contributed by atoms with van der Waals surface area (Å²) in [7, 11) is 0. The van der Waals surface area contributed by atoms with Crippen molar-refractivity contribution in [3.8, 4) is 11.1 Å². The number of carbonyl (C=O) groups excluding carboxylic acids is 2. The first-order valence-corrected chi connectivity index (χ1v) is 12.9. The second-order valence-corrected chi connectivity index (χ2v) is 10.0. The summed E-state index contributed by atoms with van der Waals surface area (Å²) in [5.74, 6) is -0.425. The molecule has 0 spiro atoms. The van der Waals surface area contributed by atoms with E-state index in [1.54, 1.807) is 18.5 Å². The van der Waals surface area contributed by atoms with E-state index in [4.69, 9.17) is 0 Å². The molecule has 1 saturated carbocycles. The van der Waals surface area contributed by atoms with Crippen molar-refractivity contribution in [2.24, 2.45) is 5.92 Å². The lowest BCUT2D eigenvalue weighted by atomic mass is 10.0. The zero-order valence-electron chi connectivity index (χ0n) is 20.8. The molecule has 3 aromatic heterocycles. The average molecular weight is 514 g/mol. The third-order valence-electron chi connectivity index (χ3n) is 7.10. The number of anilines is 2. The Kier molecular flexibility index (Phi) is 6.55. The Morgan fingerprint density at radius 1 is 0.947 bits per heavy atom. The summed E-state index contributed by atoms with van der Waals surface area (Å²) in [6.07, 6.45) is 8.93. The molecule has 0 bridgehead atoms. The number of pyridine rings is 2. The van der Waals surface area contributed by atoms with E-state index in [-0.39, 0.29) is 17.5 Å². The zero-order chi connectivity index (χ0) is 26.1. The second kappa shape index (κ2) is 10.3. The van der Waals surface area contributed by atoms with Gasteiger partial charge in [0.05, 0.1) is 23.1 Å². The van der Waals surface area contributed by atoms with E-state index in [1.807, 2.05) is 24.4 Å². The van der Waals surface area contributed by atoms with Gasteiger partial charge in [-0.2, -0.15) is 5.10 Å². The number of piperidine rings is 1. The molecular formula is C28H28FN7O2. The number of hydrogen-bond donors (Lipinski definition) is 3. The molecule has 194 valence electrons. The summed E-state index contributed by atoms with van der Waals surface area (Å²) in [5, 5.41) is 13.6. The van der Waals surface area contributed by atoms with Crippen LogP contribution in [0.25, 0.3) is 22.0 Å². The first-order chi connectivity index (χ1) is 18.5. The van der Waals surface area contributed by atoms with E-state index in [0.29, 0.717) is 29.6 Å². The van der Waals surface area contributed by atoms with Crippen LogP contribution in [0.15, 0.2) is 55.1 Å². The number of nitrogens with one attached hydrogen (secondary N) is 3. The van der Waals surface area contributed by atoms with Crippen molar-refractivity contribution in [3.63, 3.8) is 0 Å². The number of aromatic amines is 1. The van der Waals surface area contributed by atoms with Crippen LogP contribution < -0.4 is 10.6 Å². The number of benzene rings is 1. The lowest BCUT2D eigenvalue weighted by Gasteiger charge is -2.28. The molecule has 0 radical (unpaired) electrons. The number of likely N-dealkylation sites (tertiary alicyclic amines) is 1. The molecule has 2 aliphatic rings. The van der Waals surface area contributed by atoms with Crippen molar-refractivity contribution in [2.45, 2.75) is 38.4 Å². The van der Waals surface area contributed by atoms with Crippen molar-refractivity contribution in [1.29, 1.82) is 0 Å². The minimum Gasteiger partial charge on any atom is -0.324 e. The fourth-order valence-electron chi connectivity index (χ4n) is 4.78. The first kappa shape index (κ1) is 24.2. The van der Waals surface area contributed by atoms with E-state index >= 15 is 0 Å². The quantitative estimate of drug-likeness (QED) is 0.334. The Morgan fingerprint density at radius 3 is 2.61 bits per heavy atom. The number of carbonyl (C=O) groups is 2. The summed E-state index contributed by atoms with van der Waals surface area (Å²) < 4.78 is 13.5. The molecule has 4 heterocycles. The summed E-state index contributed by atoms with van der Waals surface area (Å²) in [6.45, 7) is 2.21. The molecule has 0 unspecified atom stereocenters. The molecule has 0 atom stereocenters. The Hall–Kier alpha value is -4.18. The molecule has 9 nitrogen and oxygen atoms in total. The van der Waals surface area contributed by atoms with Crippen molar-refractivity contribution < 1.29 is 14.0 Å². The van der Waals surface area contributed by atoms with Gasteiger partial charge in [-0.1, -0.05) is 6.07 Å². The number of fused-ring (bicyclic) bond motifs is 1. The summed E-state index contributed by atoms with van der Waals surface area (Å²) >= 11 is 0.